The predicted molar refractivity (Wildman–Crippen MR) is 95.2 cm³/mol. The van der Waals surface area contributed by atoms with E-state index in [9.17, 15) is 4.79 Å². The van der Waals surface area contributed by atoms with Crippen molar-refractivity contribution in [1.29, 1.82) is 0 Å². The minimum atomic E-state index is -0.0403. The first-order valence-corrected chi connectivity index (χ1v) is 8.89. The minimum absolute atomic E-state index is 0.0403. The van der Waals surface area contributed by atoms with Crippen molar-refractivity contribution in [3.05, 3.63) is 52.4 Å². The number of halogens is 1. The Hall–Kier alpha value is -1.79. The molecule has 24 heavy (non-hydrogen) atoms. The number of furan rings is 1. The molecule has 1 saturated heterocycles. The molecule has 0 saturated carbocycles. The fourth-order valence-corrected chi connectivity index (χ4v) is 3.35. The van der Waals surface area contributed by atoms with Crippen LogP contribution in [0, 0.1) is 0 Å². The second-order valence-corrected chi connectivity index (χ2v) is 6.78. The van der Waals surface area contributed by atoms with Gasteiger partial charge in [-0.1, -0.05) is 22.0 Å². The number of nitrogens with zero attached hydrogens (tertiary/aromatic N) is 1. The van der Waals surface area contributed by atoms with Crippen LogP contribution < -0.4 is 10.1 Å². The number of ether oxygens (including phenoxy) is 1. The maximum atomic E-state index is 12.6. The third-order valence-corrected chi connectivity index (χ3v) is 4.62. The van der Waals surface area contributed by atoms with Gasteiger partial charge in [0.25, 0.3) is 5.91 Å². The molecule has 0 spiro atoms. The van der Waals surface area contributed by atoms with E-state index >= 15 is 0 Å². The number of rotatable bonds is 6. The van der Waals surface area contributed by atoms with Crippen LogP contribution in [0.2, 0.25) is 0 Å². The number of likely N-dealkylation sites (tertiary alicyclic amines) is 1. The van der Waals surface area contributed by atoms with Crippen LogP contribution in [-0.2, 0) is 6.61 Å². The smallest absolute Gasteiger partial charge is 0.289 e. The van der Waals surface area contributed by atoms with Gasteiger partial charge in [0.1, 0.15) is 18.1 Å². The number of benzene rings is 1. The van der Waals surface area contributed by atoms with Crippen LogP contribution in [0.5, 0.6) is 5.75 Å². The molecule has 1 aromatic carbocycles. The topological polar surface area (TPSA) is 54.7 Å². The largest absolute Gasteiger partial charge is 0.486 e. The zero-order chi connectivity index (χ0) is 16.9. The highest BCUT2D eigenvalue weighted by atomic mass is 79.9. The van der Waals surface area contributed by atoms with Gasteiger partial charge in [0.05, 0.1) is 0 Å². The molecule has 1 fully saturated rings. The number of nitrogens with one attached hydrogen (secondary N) is 1. The molecule has 0 aliphatic carbocycles. The quantitative estimate of drug-likeness (QED) is 0.817. The maximum absolute atomic E-state index is 12.6. The van der Waals surface area contributed by atoms with E-state index < -0.39 is 0 Å². The van der Waals surface area contributed by atoms with E-state index in [2.05, 4.69) is 21.2 Å². The van der Waals surface area contributed by atoms with Crippen molar-refractivity contribution in [3.8, 4) is 5.75 Å². The van der Waals surface area contributed by atoms with E-state index in [0.717, 1.165) is 36.2 Å². The second kappa shape index (κ2) is 7.85. The van der Waals surface area contributed by atoms with Crippen LogP contribution >= 0.6 is 15.9 Å². The Balaban J connectivity index is 1.61. The van der Waals surface area contributed by atoms with E-state index in [1.807, 2.05) is 36.2 Å². The summed E-state index contributed by atoms with van der Waals surface area (Å²) >= 11 is 3.41. The molecule has 1 amide bonds. The van der Waals surface area contributed by atoms with Crippen molar-refractivity contribution in [2.45, 2.75) is 25.5 Å². The van der Waals surface area contributed by atoms with Gasteiger partial charge in [-0.15, -0.1) is 0 Å². The summed E-state index contributed by atoms with van der Waals surface area (Å²) in [4.78, 5) is 14.5. The highest BCUT2D eigenvalue weighted by Gasteiger charge is 2.30. The predicted octanol–water partition coefficient (Wildman–Crippen LogP) is 3.45. The van der Waals surface area contributed by atoms with Crippen molar-refractivity contribution in [2.75, 3.05) is 20.1 Å². The highest BCUT2D eigenvalue weighted by Crippen LogP contribution is 2.22. The minimum Gasteiger partial charge on any atom is -0.486 e. The summed E-state index contributed by atoms with van der Waals surface area (Å²) in [7, 11) is 1.91. The zero-order valence-corrected chi connectivity index (χ0v) is 15.2. The molecule has 0 radical (unpaired) electrons. The standard InChI is InChI=1S/C18H21BrN2O3/c1-20-11-14-5-3-9-21(14)18(22)17-8-7-16(24-17)12-23-15-6-2-4-13(19)10-15/h2,4,6-8,10,14,20H,3,5,9,11-12H2,1H3. The summed E-state index contributed by atoms with van der Waals surface area (Å²) in [6, 6.07) is 11.4. The fraction of sp³-hybridized carbons (Fsp3) is 0.389. The molecule has 128 valence electrons. The number of hydrogen-bond donors (Lipinski definition) is 1. The molecule has 1 aliphatic heterocycles. The molecule has 1 aliphatic rings. The van der Waals surface area contributed by atoms with Gasteiger partial charge in [0.2, 0.25) is 0 Å². The first kappa shape index (κ1) is 17.0. The monoisotopic (exact) mass is 392 g/mol. The Morgan fingerprint density at radius 3 is 3.08 bits per heavy atom. The van der Waals surface area contributed by atoms with Crippen LogP contribution in [0.1, 0.15) is 29.2 Å². The molecule has 1 unspecified atom stereocenters. The molecule has 6 heteroatoms. The van der Waals surface area contributed by atoms with E-state index in [1.165, 1.54) is 0 Å². The highest BCUT2D eigenvalue weighted by molar-refractivity contribution is 9.10. The third-order valence-electron chi connectivity index (χ3n) is 4.13. The number of likely N-dealkylation sites (N-methyl/N-ethyl adjacent to an activating group) is 1. The third kappa shape index (κ3) is 3.99. The second-order valence-electron chi connectivity index (χ2n) is 5.86. The van der Waals surface area contributed by atoms with Gasteiger partial charge in [-0.25, -0.2) is 0 Å². The summed E-state index contributed by atoms with van der Waals surface area (Å²) in [5.74, 6) is 1.73. The normalized spacial score (nSPS) is 17.2. The lowest BCUT2D eigenvalue weighted by Crippen LogP contribution is -2.40. The van der Waals surface area contributed by atoms with Gasteiger partial charge < -0.3 is 19.4 Å². The Bertz CT molecular complexity index is 701. The molecule has 5 nitrogen and oxygen atoms in total. The van der Waals surface area contributed by atoms with Crippen LogP contribution in [0.15, 0.2) is 45.3 Å². The lowest BCUT2D eigenvalue weighted by Gasteiger charge is -2.23. The number of amides is 1. The molecule has 1 atom stereocenters. The van der Waals surface area contributed by atoms with E-state index in [-0.39, 0.29) is 11.9 Å². The van der Waals surface area contributed by atoms with Crippen molar-refractivity contribution >= 4 is 21.8 Å². The van der Waals surface area contributed by atoms with Gasteiger partial charge >= 0.3 is 0 Å². The maximum Gasteiger partial charge on any atom is 0.289 e. The van der Waals surface area contributed by atoms with Crippen molar-refractivity contribution in [3.63, 3.8) is 0 Å². The Morgan fingerprint density at radius 1 is 1.42 bits per heavy atom. The van der Waals surface area contributed by atoms with Gasteiger partial charge in [0, 0.05) is 23.6 Å². The SMILES string of the molecule is CNCC1CCCN1C(=O)c1ccc(COc2cccc(Br)c2)o1. The van der Waals surface area contributed by atoms with Crippen LogP contribution in [-0.4, -0.2) is 37.0 Å². The fourth-order valence-electron chi connectivity index (χ4n) is 2.97. The summed E-state index contributed by atoms with van der Waals surface area (Å²) in [5, 5.41) is 3.15. The molecular weight excluding hydrogens is 372 g/mol. The molecule has 2 aromatic rings. The number of hydrogen-bond acceptors (Lipinski definition) is 4. The summed E-state index contributed by atoms with van der Waals surface area (Å²) in [5.41, 5.74) is 0. The molecule has 1 N–H and O–H groups in total. The van der Waals surface area contributed by atoms with Gasteiger partial charge in [0.15, 0.2) is 5.76 Å². The molecule has 2 heterocycles. The number of carbonyl (C=O) groups excluding carboxylic acids is 1. The van der Waals surface area contributed by atoms with Crippen LogP contribution in [0.4, 0.5) is 0 Å². The van der Waals surface area contributed by atoms with Crippen LogP contribution in [0.3, 0.4) is 0 Å². The average Bonchev–Trinajstić information content (AvgIpc) is 3.22. The summed E-state index contributed by atoms with van der Waals surface area (Å²) in [6.07, 6.45) is 2.07. The first-order valence-electron chi connectivity index (χ1n) is 8.10. The van der Waals surface area contributed by atoms with Crippen molar-refractivity contribution < 1.29 is 13.9 Å². The van der Waals surface area contributed by atoms with E-state index in [0.29, 0.717) is 18.1 Å². The van der Waals surface area contributed by atoms with E-state index in [1.54, 1.807) is 12.1 Å². The lowest BCUT2D eigenvalue weighted by molar-refractivity contribution is 0.0700. The average molecular weight is 393 g/mol. The molecular formula is C18H21BrN2O3. The van der Waals surface area contributed by atoms with Gasteiger partial charge in [-0.05, 0) is 50.2 Å². The van der Waals surface area contributed by atoms with Gasteiger partial charge in [-0.2, -0.15) is 0 Å². The Morgan fingerprint density at radius 2 is 2.29 bits per heavy atom. The van der Waals surface area contributed by atoms with Crippen molar-refractivity contribution in [1.82, 2.24) is 10.2 Å². The van der Waals surface area contributed by atoms with Gasteiger partial charge in [-0.3, -0.25) is 4.79 Å². The number of carbonyl (C=O) groups is 1. The summed E-state index contributed by atoms with van der Waals surface area (Å²) in [6.45, 7) is 1.89. The molecule has 1 aromatic heterocycles. The zero-order valence-electron chi connectivity index (χ0n) is 13.6. The summed E-state index contributed by atoms with van der Waals surface area (Å²) < 4.78 is 12.3. The Labute approximate surface area is 150 Å². The molecule has 0 bridgehead atoms. The Kier molecular flexibility index (Phi) is 5.58. The molecule has 3 rings (SSSR count). The van der Waals surface area contributed by atoms with Crippen molar-refractivity contribution in [2.24, 2.45) is 0 Å². The lowest BCUT2D eigenvalue weighted by atomic mass is 10.2. The van der Waals surface area contributed by atoms with E-state index in [4.69, 9.17) is 9.15 Å². The first-order chi connectivity index (χ1) is 11.7. The van der Waals surface area contributed by atoms with Crippen LogP contribution in [0.25, 0.3) is 0 Å².